The monoisotopic (exact) mass is 498 g/mol. The van der Waals surface area contributed by atoms with Gasteiger partial charge in [0.25, 0.3) is 0 Å². The van der Waals surface area contributed by atoms with E-state index in [-0.39, 0.29) is 23.5 Å². The van der Waals surface area contributed by atoms with Crippen LogP contribution in [0.4, 0.5) is 13.2 Å². The number of likely N-dealkylation sites (tertiary alicyclic amines) is 1. The third kappa shape index (κ3) is 4.20. The fourth-order valence-corrected chi connectivity index (χ4v) is 4.37. The third-order valence-corrected chi connectivity index (χ3v) is 6.21. The lowest BCUT2D eigenvalue weighted by atomic mass is 10.0. The second-order valence-electron chi connectivity index (χ2n) is 8.46. The van der Waals surface area contributed by atoms with Crippen LogP contribution in [0.15, 0.2) is 36.8 Å². The van der Waals surface area contributed by atoms with Crippen molar-refractivity contribution < 1.29 is 23.0 Å². The van der Waals surface area contributed by atoms with E-state index in [1.807, 2.05) is 6.19 Å². The Hall–Kier alpha value is -4.18. The summed E-state index contributed by atoms with van der Waals surface area (Å²) >= 11 is 0. The van der Waals surface area contributed by atoms with Crippen LogP contribution >= 0.6 is 0 Å². The molecule has 4 aromatic heterocycles. The molecule has 4 aromatic rings. The van der Waals surface area contributed by atoms with Crippen molar-refractivity contribution in [3.63, 3.8) is 0 Å². The van der Waals surface area contributed by atoms with E-state index in [1.165, 1.54) is 32.3 Å². The van der Waals surface area contributed by atoms with Crippen molar-refractivity contribution in [1.29, 1.82) is 5.26 Å². The Morgan fingerprint density at radius 2 is 2.14 bits per heavy atom. The van der Waals surface area contributed by atoms with Crippen LogP contribution in [0.25, 0.3) is 16.8 Å². The fraction of sp³-hybridized carbons (Fsp3) is 0.348. The number of nitrogens with zero attached hydrogens (tertiary/aromatic N) is 8. The molecule has 1 saturated heterocycles. The minimum atomic E-state index is -1.30. The van der Waals surface area contributed by atoms with Crippen LogP contribution in [-0.2, 0) is 0 Å². The van der Waals surface area contributed by atoms with Crippen LogP contribution in [-0.4, -0.2) is 65.5 Å². The van der Waals surface area contributed by atoms with Crippen LogP contribution in [0, 0.1) is 30.0 Å². The molecule has 1 aliphatic rings. The highest BCUT2D eigenvalue weighted by molar-refractivity contribution is 5.70. The van der Waals surface area contributed by atoms with Crippen molar-refractivity contribution in [1.82, 2.24) is 34.5 Å². The zero-order valence-corrected chi connectivity index (χ0v) is 19.1. The third-order valence-electron chi connectivity index (χ3n) is 6.21. The molecule has 3 atom stereocenters. The lowest BCUT2D eigenvalue weighted by molar-refractivity contribution is 0.114. The number of ether oxygens (including phenoxy) is 1. The maximum Gasteiger partial charge on any atom is 0.179 e. The Morgan fingerprint density at radius 1 is 1.31 bits per heavy atom. The molecule has 0 amide bonds. The van der Waals surface area contributed by atoms with Gasteiger partial charge in [0.05, 0.1) is 43.0 Å². The molecule has 186 valence electrons. The molecule has 1 fully saturated rings. The van der Waals surface area contributed by atoms with Gasteiger partial charge in [0.15, 0.2) is 18.1 Å². The van der Waals surface area contributed by atoms with Gasteiger partial charge in [-0.15, -0.1) is 5.10 Å². The van der Waals surface area contributed by atoms with Gasteiger partial charge < -0.3 is 14.7 Å². The summed E-state index contributed by atoms with van der Waals surface area (Å²) in [4.78, 5) is 5.31. The Balaban J connectivity index is 1.52. The van der Waals surface area contributed by atoms with Crippen LogP contribution in [0.5, 0.6) is 5.75 Å². The number of nitriles is 1. The van der Waals surface area contributed by atoms with Crippen molar-refractivity contribution in [3.8, 4) is 23.2 Å². The van der Waals surface area contributed by atoms with Gasteiger partial charge in [-0.05, 0) is 31.5 Å². The number of alkyl halides is 1. The first-order chi connectivity index (χ1) is 17.4. The summed E-state index contributed by atoms with van der Waals surface area (Å²) in [6.45, 7) is 1.63. The SMILES string of the molecule is Cc1c(-c2cc(O[C@H](CO)c3ccc(F)cn3)c3c(F)cnn3c2)nnn1[C@@H]1CCN(C#N)C[C@H]1F. The molecule has 36 heavy (non-hydrogen) atoms. The topological polar surface area (TPSA) is 117 Å². The number of rotatable bonds is 6. The molecule has 0 spiro atoms. The predicted octanol–water partition coefficient (Wildman–Crippen LogP) is 2.75. The second kappa shape index (κ2) is 9.46. The quantitative estimate of drug-likeness (QED) is 0.404. The van der Waals surface area contributed by atoms with Crippen molar-refractivity contribution >= 4 is 5.52 Å². The van der Waals surface area contributed by atoms with E-state index < -0.39 is 36.6 Å². The average Bonchev–Trinajstić information content (AvgIpc) is 3.45. The molecular formula is C23H21F3N8O2. The van der Waals surface area contributed by atoms with Crippen LogP contribution in [0.1, 0.15) is 30.0 Å². The number of aliphatic hydroxyl groups is 1. The molecule has 0 bridgehead atoms. The Bertz CT molecular complexity index is 1430. The molecule has 1 aliphatic heterocycles. The van der Waals surface area contributed by atoms with E-state index in [2.05, 4.69) is 20.4 Å². The summed E-state index contributed by atoms with van der Waals surface area (Å²) < 4.78 is 51.4. The van der Waals surface area contributed by atoms with E-state index in [9.17, 15) is 18.3 Å². The van der Waals surface area contributed by atoms with E-state index in [1.54, 1.807) is 13.1 Å². The maximum atomic E-state index is 14.8. The minimum Gasteiger partial charge on any atom is -0.479 e. The van der Waals surface area contributed by atoms with Gasteiger partial charge in [0, 0.05) is 18.3 Å². The summed E-state index contributed by atoms with van der Waals surface area (Å²) in [7, 11) is 0. The zero-order chi connectivity index (χ0) is 25.4. The summed E-state index contributed by atoms with van der Waals surface area (Å²) in [5.74, 6) is -1.15. The van der Waals surface area contributed by atoms with Gasteiger partial charge in [0.2, 0.25) is 0 Å². The lowest BCUT2D eigenvalue weighted by Gasteiger charge is -2.31. The number of halogens is 3. The first-order valence-corrected chi connectivity index (χ1v) is 11.2. The van der Waals surface area contributed by atoms with Gasteiger partial charge >= 0.3 is 0 Å². The summed E-state index contributed by atoms with van der Waals surface area (Å²) in [5, 5.41) is 31.3. The van der Waals surface area contributed by atoms with E-state index in [0.29, 0.717) is 29.9 Å². The minimum absolute atomic E-state index is 0.0215. The van der Waals surface area contributed by atoms with Gasteiger partial charge in [-0.25, -0.2) is 22.4 Å². The molecule has 0 unspecified atom stereocenters. The highest BCUT2D eigenvalue weighted by Gasteiger charge is 2.33. The number of hydrogen-bond acceptors (Lipinski definition) is 8. The number of pyridine rings is 2. The second-order valence-corrected chi connectivity index (χ2v) is 8.46. The summed E-state index contributed by atoms with van der Waals surface area (Å²) in [5.41, 5.74) is 1.73. The van der Waals surface area contributed by atoms with Crippen LogP contribution < -0.4 is 4.74 Å². The first kappa shape index (κ1) is 23.6. The number of hydrogen-bond donors (Lipinski definition) is 1. The van der Waals surface area contributed by atoms with Gasteiger partial charge in [-0.1, -0.05) is 5.21 Å². The first-order valence-electron chi connectivity index (χ1n) is 11.2. The number of aromatic nitrogens is 6. The smallest absolute Gasteiger partial charge is 0.179 e. The van der Waals surface area contributed by atoms with Gasteiger partial charge in [0.1, 0.15) is 28.9 Å². The Morgan fingerprint density at radius 3 is 2.83 bits per heavy atom. The number of fused-ring (bicyclic) bond motifs is 1. The van der Waals surface area contributed by atoms with Crippen molar-refractivity contribution in [2.45, 2.75) is 31.7 Å². The standard InChI is InChI=1S/C23H21F3N8O2/c1-13-22(30-31-34(13)19-4-5-32(12-27)10-17(19)26)14-6-20(23-16(25)8-29-33(23)9-14)36-21(11-35)18-3-2-15(24)7-28-18/h2-3,6-9,17,19,21,35H,4-5,10-11H2,1H3/t17-,19-,21-/m1/s1. The Kier molecular flexibility index (Phi) is 6.19. The van der Waals surface area contributed by atoms with Crippen molar-refractivity contribution in [3.05, 3.63) is 59.8 Å². The molecule has 13 heteroatoms. The van der Waals surface area contributed by atoms with Crippen LogP contribution in [0.3, 0.4) is 0 Å². The molecule has 1 N–H and O–H groups in total. The molecule has 10 nitrogen and oxygen atoms in total. The van der Waals surface area contributed by atoms with E-state index >= 15 is 0 Å². The number of piperidine rings is 1. The predicted molar refractivity (Wildman–Crippen MR) is 119 cm³/mol. The number of aliphatic hydroxyl groups excluding tert-OH is 1. The van der Waals surface area contributed by atoms with Crippen LogP contribution in [0.2, 0.25) is 0 Å². The highest BCUT2D eigenvalue weighted by atomic mass is 19.1. The Labute approximate surface area is 203 Å². The molecule has 0 radical (unpaired) electrons. The fourth-order valence-electron chi connectivity index (χ4n) is 4.37. The maximum absolute atomic E-state index is 14.8. The molecule has 5 heterocycles. The van der Waals surface area contributed by atoms with Crippen molar-refractivity contribution in [2.75, 3.05) is 19.7 Å². The largest absolute Gasteiger partial charge is 0.479 e. The molecule has 5 rings (SSSR count). The molecule has 0 aromatic carbocycles. The molecule has 0 saturated carbocycles. The molecular weight excluding hydrogens is 477 g/mol. The van der Waals surface area contributed by atoms with Gasteiger partial charge in [-0.2, -0.15) is 10.4 Å². The average molecular weight is 498 g/mol. The highest BCUT2D eigenvalue weighted by Crippen LogP contribution is 2.34. The normalized spacial score (nSPS) is 18.8. The van der Waals surface area contributed by atoms with E-state index in [0.717, 1.165) is 12.4 Å². The summed E-state index contributed by atoms with van der Waals surface area (Å²) in [6, 6.07) is 3.49. The molecule has 0 aliphatic carbocycles. The lowest BCUT2D eigenvalue weighted by Crippen LogP contribution is -2.40. The van der Waals surface area contributed by atoms with E-state index in [4.69, 9.17) is 10.00 Å². The van der Waals surface area contributed by atoms with Gasteiger partial charge in [-0.3, -0.25) is 4.98 Å². The zero-order valence-electron chi connectivity index (χ0n) is 19.1. The van der Waals surface area contributed by atoms with Crippen molar-refractivity contribution in [2.24, 2.45) is 0 Å². The summed E-state index contributed by atoms with van der Waals surface area (Å²) in [6.07, 6.45) is 3.60.